The van der Waals surface area contributed by atoms with E-state index in [0.717, 1.165) is 36.8 Å². The topological polar surface area (TPSA) is 59.1 Å². The van der Waals surface area contributed by atoms with Gasteiger partial charge in [0.15, 0.2) is 0 Å². The van der Waals surface area contributed by atoms with Crippen LogP contribution in [-0.4, -0.2) is 40.9 Å². The summed E-state index contributed by atoms with van der Waals surface area (Å²) in [5.41, 5.74) is 7.73. The molecule has 1 saturated heterocycles. The number of aromatic nitrogens is 2. The Bertz CT molecular complexity index is 371. The van der Waals surface area contributed by atoms with Gasteiger partial charge in [0, 0.05) is 19.1 Å². The van der Waals surface area contributed by atoms with E-state index in [2.05, 4.69) is 29.3 Å². The molecule has 5 nitrogen and oxygen atoms in total. The maximum absolute atomic E-state index is 6.03. The average Bonchev–Trinajstić information content (AvgIpc) is 2.77. The number of hydrogen-bond donors (Lipinski definition) is 2. The monoisotopic (exact) mass is 223 g/mol. The van der Waals surface area contributed by atoms with Crippen LogP contribution in [0.25, 0.3) is 0 Å². The highest BCUT2D eigenvalue weighted by Gasteiger charge is 2.22. The molecular formula is C11H21N5. The Hall–Kier alpha value is -1.23. The van der Waals surface area contributed by atoms with Crippen LogP contribution in [-0.2, 0) is 6.54 Å². The van der Waals surface area contributed by atoms with E-state index in [1.54, 1.807) is 0 Å². The summed E-state index contributed by atoms with van der Waals surface area (Å²) in [6.07, 6.45) is 1.17. The third-order valence-electron chi connectivity index (χ3n) is 3.21. The highest BCUT2D eigenvalue weighted by atomic mass is 15.3. The number of nitrogens with two attached hydrogens (primary N) is 1. The molecule has 2 rings (SSSR count). The molecule has 0 aliphatic carbocycles. The molecule has 0 spiro atoms. The van der Waals surface area contributed by atoms with Crippen LogP contribution in [0, 0.1) is 6.92 Å². The molecule has 1 fully saturated rings. The van der Waals surface area contributed by atoms with Gasteiger partial charge in [-0.05, 0) is 33.9 Å². The zero-order chi connectivity index (χ0) is 11.7. The normalized spacial score (nSPS) is 21.6. The van der Waals surface area contributed by atoms with Gasteiger partial charge in [-0.25, -0.2) is 4.68 Å². The van der Waals surface area contributed by atoms with Gasteiger partial charge in [0.1, 0.15) is 5.82 Å². The molecule has 0 aromatic carbocycles. The summed E-state index contributed by atoms with van der Waals surface area (Å²) in [7, 11) is 2.15. The third kappa shape index (κ3) is 2.00. The fourth-order valence-corrected chi connectivity index (χ4v) is 2.22. The highest BCUT2D eigenvalue weighted by molar-refractivity contribution is 5.65. The molecular weight excluding hydrogens is 202 g/mol. The number of hydrogen-bond acceptors (Lipinski definition) is 4. The van der Waals surface area contributed by atoms with Crippen molar-refractivity contribution in [3.63, 3.8) is 0 Å². The van der Waals surface area contributed by atoms with Crippen LogP contribution in [0.15, 0.2) is 0 Å². The van der Waals surface area contributed by atoms with Crippen molar-refractivity contribution < 1.29 is 0 Å². The second-order valence-corrected chi connectivity index (χ2v) is 4.56. The Morgan fingerprint density at radius 2 is 2.31 bits per heavy atom. The van der Waals surface area contributed by atoms with Crippen LogP contribution in [0.4, 0.5) is 11.5 Å². The largest absolute Gasteiger partial charge is 0.394 e. The second kappa shape index (κ2) is 4.33. The van der Waals surface area contributed by atoms with E-state index in [9.17, 15) is 0 Å². The smallest absolute Gasteiger partial charge is 0.148 e. The van der Waals surface area contributed by atoms with Gasteiger partial charge in [0.05, 0.1) is 11.4 Å². The lowest BCUT2D eigenvalue weighted by molar-refractivity contribution is 0.413. The van der Waals surface area contributed by atoms with Crippen LogP contribution in [0.2, 0.25) is 0 Å². The number of likely N-dealkylation sites (tertiary alicyclic amines) is 1. The van der Waals surface area contributed by atoms with Crippen LogP contribution in [0.5, 0.6) is 0 Å². The van der Waals surface area contributed by atoms with Crippen molar-refractivity contribution in [1.29, 1.82) is 0 Å². The number of nitrogen functional groups attached to an aromatic ring is 1. The summed E-state index contributed by atoms with van der Waals surface area (Å²) in [5, 5.41) is 7.92. The van der Waals surface area contributed by atoms with Gasteiger partial charge in [-0.1, -0.05) is 0 Å². The molecule has 2 heterocycles. The van der Waals surface area contributed by atoms with Crippen LogP contribution in [0.3, 0.4) is 0 Å². The van der Waals surface area contributed by atoms with Gasteiger partial charge in [-0.2, -0.15) is 5.10 Å². The maximum atomic E-state index is 6.03. The zero-order valence-corrected chi connectivity index (χ0v) is 10.3. The predicted octanol–water partition coefficient (Wildman–Crippen LogP) is 0.910. The number of nitrogens with one attached hydrogen (secondary N) is 1. The lowest BCUT2D eigenvalue weighted by Crippen LogP contribution is -2.25. The van der Waals surface area contributed by atoms with E-state index in [1.807, 2.05) is 11.6 Å². The number of rotatable bonds is 3. The van der Waals surface area contributed by atoms with Crippen molar-refractivity contribution in [2.75, 3.05) is 31.2 Å². The van der Waals surface area contributed by atoms with E-state index >= 15 is 0 Å². The van der Waals surface area contributed by atoms with Gasteiger partial charge in [0.25, 0.3) is 0 Å². The summed E-state index contributed by atoms with van der Waals surface area (Å²) in [6, 6.07) is 0.494. The first-order valence-corrected chi connectivity index (χ1v) is 5.89. The highest BCUT2D eigenvalue weighted by Crippen LogP contribution is 2.24. The van der Waals surface area contributed by atoms with E-state index < -0.39 is 0 Å². The summed E-state index contributed by atoms with van der Waals surface area (Å²) in [6.45, 7) is 7.11. The standard InChI is InChI=1S/C11H21N5/c1-4-16-11(10(12)8(2)14-16)13-9-5-6-15(3)7-9/h9,13H,4-7,12H2,1-3H3. The van der Waals surface area contributed by atoms with E-state index in [-0.39, 0.29) is 0 Å². The third-order valence-corrected chi connectivity index (χ3v) is 3.21. The van der Waals surface area contributed by atoms with Crippen molar-refractivity contribution in [2.45, 2.75) is 32.9 Å². The SMILES string of the molecule is CCn1nc(C)c(N)c1NC1CCN(C)C1. The molecule has 0 bridgehead atoms. The van der Waals surface area contributed by atoms with E-state index in [4.69, 9.17) is 5.73 Å². The molecule has 1 aliphatic heterocycles. The summed E-state index contributed by atoms with van der Waals surface area (Å²) in [4.78, 5) is 2.33. The van der Waals surface area contributed by atoms with Crippen LogP contribution in [0.1, 0.15) is 19.0 Å². The summed E-state index contributed by atoms with van der Waals surface area (Å²) < 4.78 is 1.95. The first-order chi connectivity index (χ1) is 7.61. The number of anilines is 2. The lowest BCUT2D eigenvalue weighted by Gasteiger charge is -2.15. The van der Waals surface area contributed by atoms with Crippen molar-refractivity contribution >= 4 is 11.5 Å². The Labute approximate surface area is 96.6 Å². The molecule has 1 aromatic heterocycles. The molecule has 16 heavy (non-hydrogen) atoms. The summed E-state index contributed by atoms with van der Waals surface area (Å²) in [5.74, 6) is 0.986. The minimum absolute atomic E-state index is 0.494. The number of aryl methyl sites for hydroxylation is 2. The Balaban J connectivity index is 2.14. The zero-order valence-electron chi connectivity index (χ0n) is 10.3. The summed E-state index contributed by atoms with van der Waals surface area (Å²) >= 11 is 0. The van der Waals surface area contributed by atoms with Crippen LogP contribution < -0.4 is 11.1 Å². The van der Waals surface area contributed by atoms with Gasteiger partial charge in [0.2, 0.25) is 0 Å². The molecule has 1 atom stereocenters. The molecule has 0 saturated carbocycles. The molecule has 90 valence electrons. The van der Waals surface area contributed by atoms with Gasteiger partial charge in [-0.15, -0.1) is 0 Å². The van der Waals surface area contributed by atoms with Crippen LogP contribution >= 0.6 is 0 Å². The second-order valence-electron chi connectivity index (χ2n) is 4.56. The van der Waals surface area contributed by atoms with Crippen molar-refractivity contribution in [3.05, 3.63) is 5.69 Å². The fourth-order valence-electron chi connectivity index (χ4n) is 2.22. The lowest BCUT2D eigenvalue weighted by atomic mass is 10.2. The molecule has 3 N–H and O–H groups in total. The number of likely N-dealkylation sites (N-methyl/N-ethyl adjacent to an activating group) is 1. The molecule has 1 aromatic rings. The van der Waals surface area contributed by atoms with Gasteiger partial charge in [-0.3, -0.25) is 0 Å². The Kier molecular flexibility index (Phi) is 3.05. The first kappa shape index (κ1) is 11.3. The Morgan fingerprint density at radius 1 is 1.56 bits per heavy atom. The van der Waals surface area contributed by atoms with E-state index in [1.165, 1.54) is 6.42 Å². The minimum Gasteiger partial charge on any atom is -0.394 e. The van der Waals surface area contributed by atoms with Crippen molar-refractivity contribution in [3.8, 4) is 0 Å². The van der Waals surface area contributed by atoms with E-state index in [0.29, 0.717) is 6.04 Å². The quantitative estimate of drug-likeness (QED) is 0.799. The van der Waals surface area contributed by atoms with Crippen molar-refractivity contribution in [1.82, 2.24) is 14.7 Å². The molecule has 0 radical (unpaired) electrons. The predicted molar refractivity (Wildman–Crippen MR) is 66.6 cm³/mol. The average molecular weight is 223 g/mol. The molecule has 0 amide bonds. The fraction of sp³-hybridized carbons (Fsp3) is 0.727. The Morgan fingerprint density at radius 3 is 2.88 bits per heavy atom. The molecule has 5 heteroatoms. The minimum atomic E-state index is 0.494. The van der Waals surface area contributed by atoms with Crippen molar-refractivity contribution in [2.24, 2.45) is 0 Å². The number of nitrogens with zero attached hydrogens (tertiary/aromatic N) is 3. The molecule has 1 aliphatic rings. The van der Waals surface area contributed by atoms with Gasteiger partial charge >= 0.3 is 0 Å². The first-order valence-electron chi connectivity index (χ1n) is 5.89. The molecule has 1 unspecified atom stereocenters. The van der Waals surface area contributed by atoms with Gasteiger partial charge < -0.3 is 16.0 Å². The maximum Gasteiger partial charge on any atom is 0.148 e.